The Bertz CT molecular complexity index is 792. The third-order valence-electron chi connectivity index (χ3n) is 5.62. The minimum Gasteiger partial charge on any atom is -0.329 e. The fourth-order valence-corrected chi connectivity index (χ4v) is 4.18. The Morgan fingerprint density at radius 2 is 2.07 bits per heavy atom. The van der Waals surface area contributed by atoms with Crippen LogP contribution in [0.25, 0.3) is 0 Å². The second-order valence-electron chi connectivity index (χ2n) is 8.61. The van der Waals surface area contributed by atoms with Crippen molar-refractivity contribution < 1.29 is 14.4 Å². The Morgan fingerprint density at radius 3 is 2.71 bits per heavy atom. The zero-order valence-electron chi connectivity index (χ0n) is 16.9. The number of imide groups is 1. The fourth-order valence-electron chi connectivity index (χ4n) is 4.18. The first kappa shape index (κ1) is 20.5. The maximum atomic E-state index is 12.7. The minimum atomic E-state index is -0.578. The van der Waals surface area contributed by atoms with Crippen molar-refractivity contribution in [1.29, 1.82) is 0 Å². The molecule has 1 fully saturated rings. The van der Waals surface area contributed by atoms with E-state index in [9.17, 15) is 14.4 Å². The molecule has 0 aliphatic carbocycles. The Balaban J connectivity index is 1.69. The quantitative estimate of drug-likeness (QED) is 0.613. The second kappa shape index (κ2) is 8.01. The number of carbonyl (C=O) groups excluding carboxylic acids is 3. The van der Waals surface area contributed by atoms with E-state index in [0.29, 0.717) is 37.5 Å². The largest absolute Gasteiger partial charge is 0.329 e. The first-order valence-corrected chi connectivity index (χ1v) is 9.94. The van der Waals surface area contributed by atoms with Gasteiger partial charge in [0.15, 0.2) is 0 Å². The van der Waals surface area contributed by atoms with E-state index in [4.69, 9.17) is 5.73 Å². The van der Waals surface area contributed by atoms with Crippen LogP contribution in [0.1, 0.15) is 61.5 Å². The Morgan fingerprint density at radius 1 is 1.32 bits per heavy atom. The molecule has 152 valence electrons. The maximum absolute atomic E-state index is 12.7. The van der Waals surface area contributed by atoms with Crippen LogP contribution in [0, 0.1) is 5.92 Å². The van der Waals surface area contributed by atoms with Crippen molar-refractivity contribution in [3.63, 3.8) is 0 Å². The molecule has 1 aromatic carbocycles. The summed E-state index contributed by atoms with van der Waals surface area (Å²) in [5.74, 6) is -0.258. The maximum Gasteiger partial charge on any atom is 0.255 e. The Kier molecular flexibility index (Phi) is 5.86. The Labute approximate surface area is 166 Å². The lowest BCUT2D eigenvalue weighted by molar-refractivity contribution is -0.136. The van der Waals surface area contributed by atoms with Gasteiger partial charge in [0.25, 0.3) is 5.91 Å². The number of carbonyl (C=O) groups is 3. The highest BCUT2D eigenvalue weighted by atomic mass is 16.2. The van der Waals surface area contributed by atoms with E-state index < -0.39 is 6.04 Å². The number of nitrogens with zero attached hydrogens (tertiary/aromatic N) is 1. The first-order chi connectivity index (χ1) is 13.2. The van der Waals surface area contributed by atoms with Crippen LogP contribution in [0.5, 0.6) is 0 Å². The smallest absolute Gasteiger partial charge is 0.255 e. The highest BCUT2D eigenvalue weighted by Gasteiger charge is 2.39. The summed E-state index contributed by atoms with van der Waals surface area (Å²) in [7, 11) is 0. The van der Waals surface area contributed by atoms with Crippen molar-refractivity contribution in [3.05, 3.63) is 34.9 Å². The summed E-state index contributed by atoms with van der Waals surface area (Å²) in [6.07, 6.45) is 1.62. The van der Waals surface area contributed by atoms with Crippen LogP contribution in [-0.4, -0.2) is 40.7 Å². The molecule has 7 nitrogen and oxygen atoms in total. The van der Waals surface area contributed by atoms with Crippen LogP contribution >= 0.6 is 0 Å². The second-order valence-corrected chi connectivity index (χ2v) is 8.61. The van der Waals surface area contributed by atoms with Gasteiger partial charge in [-0.3, -0.25) is 19.7 Å². The highest BCUT2D eigenvalue weighted by Crippen LogP contribution is 2.28. The van der Waals surface area contributed by atoms with Gasteiger partial charge in [0.2, 0.25) is 11.8 Å². The van der Waals surface area contributed by atoms with Gasteiger partial charge in [-0.1, -0.05) is 26.0 Å². The predicted molar refractivity (Wildman–Crippen MR) is 106 cm³/mol. The number of nitrogens with one attached hydrogen (secondary N) is 2. The van der Waals surface area contributed by atoms with Crippen LogP contribution in [-0.2, 0) is 22.7 Å². The van der Waals surface area contributed by atoms with Crippen LogP contribution in [0.4, 0.5) is 0 Å². The molecule has 2 aliphatic heterocycles. The molecule has 0 spiro atoms. The van der Waals surface area contributed by atoms with E-state index in [0.717, 1.165) is 17.5 Å². The van der Waals surface area contributed by atoms with Crippen molar-refractivity contribution in [1.82, 2.24) is 15.5 Å². The summed E-state index contributed by atoms with van der Waals surface area (Å²) in [6.45, 7) is 8.11. The van der Waals surface area contributed by atoms with Gasteiger partial charge in [0, 0.05) is 37.2 Å². The molecule has 1 aromatic rings. The molecular formula is C21H30N4O3. The number of hydrogen-bond acceptors (Lipinski definition) is 5. The van der Waals surface area contributed by atoms with Gasteiger partial charge in [-0.25, -0.2) is 0 Å². The van der Waals surface area contributed by atoms with E-state index >= 15 is 0 Å². The number of benzene rings is 1. The summed E-state index contributed by atoms with van der Waals surface area (Å²) < 4.78 is 0. The minimum absolute atomic E-state index is 0.137. The molecule has 7 heteroatoms. The van der Waals surface area contributed by atoms with Gasteiger partial charge in [-0.15, -0.1) is 0 Å². The molecule has 1 saturated heterocycles. The summed E-state index contributed by atoms with van der Waals surface area (Å²) in [6, 6.07) is 5.23. The number of fused-ring (bicyclic) bond motifs is 1. The fraction of sp³-hybridized carbons (Fsp3) is 0.571. The van der Waals surface area contributed by atoms with Gasteiger partial charge < -0.3 is 16.0 Å². The number of hydrogen-bond donors (Lipinski definition) is 3. The number of nitrogens with two attached hydrogens (primary N) is 1. The Hall–Kier alpha value is -2.25. The molecule has 28 heavy (non-hydrogen) atoms. The molecule has 3 rings (SSSR count). The third-order valence-corrected chi connectivity index (χ3v) is 5.62. The lowest BCUT2D eigenvalue weighted by atomic mass is 9.90. The van der Waals surface area contributed by atoms with Gasteiger partial charge in [0.05, 0.1) is 0 Å². The molecule has 0 radical (unpaired) electrons. The highest BCUT2D eigenvalue weighted by molar-refractivity contribution is 6.05. The van der Waals surface area contributed by atoms with Crippen molar-refractivity contribution >= 4 is 17.7 Å². The average molecular weight is 386 g/mol. The number of piperidine rings is 1. The third kappa shape index (κ3) is 4.25. The van der Waals surface area contributed by atoms with Crippen molar-refractivity contribution in [2.75, 3.05) is 6.54 Å². The van der Waals surface area contributed by atoms with Gasteiger partial charge in [-0.2, -0.15) is 0 Å². The van der Waals surface area contributed by atoms with Crippen LogP contribution in [0.3, 0.4) is 0 Å². The van der Waals surface area contributed by atoms with Crippen molar-refractivity contribution in [2.24, 2.45) is 11.7 Å². The molecule has 3 amide bonds. The first-order valence-electron chi connectivity index (χ1n) is 9.94. The van der Waals surface area contributed by atoms with Crippen molar-refractivity contribution in [2.45, 2.75) is 64.7 Å². The van der Waals surface area contributed by atoms with Gasteiger partial charge in [0.1, 0.15) is 6.04 Å². The molecule has 2 aliphatic rings. The lowest BCUT2D eigenvalue weighted by Crippen LogP contribution is -2.52. The molecule has 0 saturated carbocycles. The molecular weight excluding hydrogens is 356 g/mol. The van der Waals surface area contributed by atoms with Crippen LogP contribution in [0.15, 0.2) is 18.2 Å². The molecule has 0 aromatic heterocycles. The number of amides is 3. The average Bonchev–Trinajstić information content (AvgIpc) is 2.95. The summed E-state index contributed by atoms with van der Waals surface area (Å²) in [5.41, 5.74) is 8.48. The van der Waals surface area contributed by atoms with Gasteiger partial charge >= 0.3 is 0 Å². The van der Waals surface area contributed by atoms with E-state index in [1.54, 1.807) is 4.90 Å². The van der Waals surface area contributed by atoms with E-state index in [-0.39, 0.29) is 29.7 Å². The summed E-state index contributed by atoms with van der Waals surface area (Å²) in [4.78, 5) is 37.8. The van der Waals surface area contributed by atoms with E-state index in [2.05, 4.69) is 31.4 Å². The van der Waals surface area contributed by atoms with Crippen LogP contribution < -0.4 is 16.4 Å². The lowest BCUT2D eigenvalue weighted by Gasteiger charge is -2.31. The zero-order valence-corrected chi connectivity index (χ0v) is 16.9. The van der Waals surface area contributed by atoms with Gasteiger partial charge in [-0.05, 0) is 42.9 Å². The summed E-state index contributed by atoms with van der Waals surface area (Å²) >= 11 is 0. The molecule has 2 unspecified atom stereocenters. The zero-order chi connectivity index (χ0) is 20.5. The monoisotopic (exact) mass is 386 g/mol. The van der Waals surface area contributed by atoms with Crippen LogP contribution in [0.2, 0.25) is 0 Å². The summed E-state index contributed by atoms with van der Waals surface area (Å²) in [5, 5.41) is 5.89. The van der Waals surface area contributed by atoms with E-state index in [1.165, 1.54) is 0 Å². The van der Waals surface area contributed by atoms with E-state index in [1.807, 2.05) is 18.2 Å². The topological polar surface area (TPSA) is 105 Å². The standard InChI is InChI=1S/C21H30N4O3/c1-13(2)9-21(3,12-22)23-10-14-4-5-16-15(8-14)11-25(20(16)28)17-6-7-18(26)24-19(17)27/h4-5,8,13,17,23H,6-7,9-12,22H2,1-3H3,(H,24,26,27). The normalized spacial score (nSPS) is 21.7. The molecule has 2 heterocycles. The molecule has 0 bridgehead atoms. The molecule has 2 atom stereocenters. The SMILES string of the molecule is CC(C)CC(C)(CN)NCc1ccc2c(c1)CN(C1CCC(=O)NC1=O)C2=O. The van der Waals surface area contributed by atoms with Crippen molar-refractivity contribution in [3.8, 4) is 0 Å². The predicted octanol–water partition coefficient (Wildman–Crippen LogP) is 1.30. The molecule has 4 N–H and O–H groups in total. The number of rotatable bonds is 7.